The van der Waals surface area contributed by atoms with E-state index >= 15 is 0 Å². The van der Waals surface area contributed by atoms with Crippen LogP contribution in [0.3, 0.4) is 0 Å². The average molecular weight is 229 g/mol. The van der Waals surface area contributed by atoms with Gasteiger partial charge in [-0.2, -0.15) is 0 Å². The molecule has 92 valence electrons. The molecule has 0 spiro atoms. The maximum atomic E-state index is 3.85. The molecule has 2 rings (SSSR count). The van der Waals surface area contributed by atoms with Gasteiger partial charge in [0.25, 0.3) is 0 Å². The van der Waals surface area contributed by atoms with E-state index in [1.54, 1.807) is 0 Å². The fourth-order valence-electron chi connectivity index (χ4n) is 2.19. The number of hydrogen-bond donors (Lipinski definition) is 0. The third-order valence-electron chi connectivity index (χ3n) is 3.46. The van der Waals surface area contributed by atoms with Gasteiger partial charge >= 0.3 is 0 Å². The summed E-state index contributed by atoms with van der Waals surface area (Å²) in [5.41, 5.74) is 2.85. The van der Waals surface area contributed by atoms with Crippen LogP contribution in [0.2, 0.25) is 0 Å². The third kappa shape index (κ3) is 3.44. The van der Waals surface area contributed by atoms with Gasteiger partial charge in [0.05, 0.1) is 0 Å². The molecule has 0 saturated heterocycles. The van der Waals surface area contributed by atoms with Crippen LogP contribution < -0.4 is 0 Å². The summed E-state index contributed by atoms with van der Waals surface area (Å²) >= 11 is 0. The molecule has 17 heavy (non-hydrogen) atoms. The van der Waals surface area contributed by atoms with Crippen LogP contribution in [-0.2, 0) is 6.54 Å². The number of nitrogens with zero attached hydrogens (tertiary/aromatic N) is 1. The zero-order valence-electron chi connectivity index (χ0n) is 11.0. The summed E-state index contributed by atoms with van der Waals surface area (Å²) in [5, 5.41) is 0. The number of rotatable bonds is 6. The van der Waals surface area contributed by atoms with Crippen molar-refractivity contribution < 1.29 is 0 Å². The van der Waals surface area contributed by atoms with Gasteiger partial charge in [0.1, 0.15) is 0 Å². The van der Waals surface area contributed by atoms with Gasteiger partial charge in [0.2, 0.25) is 0 Å². The summed E-state index contributed by atoms with van der Waals surface area (Å²) in [6, 6.07) is 9.87. The second-order valence-electron chi connectivity index (χ2n) is 5.35. The predicted molar refractivity (Wildman–Crippen MR) is 74.2 cm³/mol. The van der Waals surface area contributed by atoms with E-state index in [1.807, 2.05) is 6.08 Å². The molecule has 1 fully saturated rings. The first-order valence-corrected chi connectivity index (χ1v) is 6.64. The molecule has 0 bridgehead atoms. The lowest BCUT2D eigenvalue weighted by Gasteiger charge is -2.20. The van der Waals surface area contributed by atoms with Gasteiger partial charge in [-0.15, -0.1) is 6.58 Å². The van der Waals surface area contributed by atoms with Gasteiger partial charge in [-0.3, -0.25) is 4.90 Å². The van der Waals surface area contributed by atoms with Crippen molar-refractivity contribution in [1.82, 2.24) is 4.90 Å². The zero-order chi connectivity index (χ0) is 12.3. The Labute approximate surface area is 105 Å². The van der Waals surface area contributed by atoms with Crippen molar-refractivity contribution in [3.8, 4) is 0 Å². The highest BCUT2D eigenvalue weighted by molar-refractivity contribution is 5.24. The van der Waals surface area contributed by atoms with Gasteiger partial charge in [-0.1, -0.05) is 44.2 Å². The molecule has 0 radical (unpaired) electrons. The quantitative estimate of drug-likeness (QED) is 0.667. The summed E-state index contributed by atoms with van der Waals surface area (Å²) < 4.78 is 0. The predicted octanol–water partition coefficient (Wildman–Crippen LogP) is 3.96. The second kappa shape index (κ2) is 5.50. The van der Waals surface area contributed by atoms with Gasteiger partial charge in [-0.05, 0) is 29.9 Å². The summed E-state index contributed by atoms with van der Waals surface area (Å²) in [6.45, 7) is 10.4. The molecule has 0 unspecified atom stereocenters. The highest BCUT2D eigenvalue weighted by Crippen LogP contribution is 2.28. The van der Waals surface area contributed by atoms with Crippen molar-refractivity contribution in [3.63, 3.8) is 0 Å². The normalized spacial score (nSPS) is 15.5. The van der Waals surface area contributed by atoms with Gasteiger partial charge in [-0.25, -0.2) is 0 Å². The van der Waals surface area contributed by atoms with Crippen LogP contribution in [0, 0.1) is 0 Å². The van der Waals surface area contributed by atoms with Crippen LogP contribution in [0.1, 0.15) is 43.7 Å². The van der Waals surface area contributed by atoms with Gasteiger partial charge in [0, 0.05) is 19.1 Å². The van der Waals surface area contributed by atoms with Gasteiger partial charge in [0.15, 0.2) is 0 Å². The summed E-state index contributed by atoms with van der Waals surface area (Å²) in [7, 11) is 0. The minimum Gasteiger partial charge on any atom is -0.292 e. The third-order valence-corrected chi connectivity index (χ3v) is 3.46. The van der Waals surface area contributed by atoms with Crippen molar-refractivity contribution in [1.29, 1.82) is 0 Å². The SMILES string of the molecule is C=CCN(Cc1ccc(C(C)C)cc1)C1CC1. The van der Waals surface area contributed by atoms with Crippen molar-refractivity contribution in [2.75, 3.05) is 6.54 Å². The Kier molecular flexibility index (Phi) is 4.01. The standard InChI is InChI=1S/C16H23N/c1-4-11-17(16-9-10-16)12-14-5-7-15(8-6-14)13(2)3/h4-8,13,16H,1,9-12H2,2-3H3. The lowest BCUT2D eigenvalue weighted by atomic mass is 10.0. The van der Waals surface area contributed by atoms with Crippen molar-refractivity contribution in [2.45, 2.75) is 45.2 Å². The first-order valence-electron chi connectivity index (χ1n) is 6.64. The topological polar surface area (TPSA) is 3.24 Å². The van der Waals surface area contributed by atoms with Crippen LogP contribution in [0.15, 0.2) is 36.9 Å². The van der Waals surface area contributed by atoms with E-state index in [0.717, 1.165) is 19.1 Å². The lowest BCUT2D eigenvalue weighted by Crippen LogP contribution is -2.25. The van der Waals surface area contributed by atoms with Crippen LogP contribution in [0.4, 0.5) is 0 Å². The molecule has 0 aromatic heterocycles. The van der Waals surface area contributed by atoms with E-state index in [-0.39, 0.29) is 0 Å². The molecule has 1 saturated carbocycles. The molecule has 1 aromatic carbocycles. The van der Waals surface area contributed by atoms with Crippen LogP contribution >= 0.6 is 0 Å². The molecule has 1 nitrogen and oxygen atoms in total. The smallest absolute Gasteiger partial charge is 0.0239 e. The Bertz CT molecular complexity index is 360. The van der Waals surface area contributed by atoms with Crippen molar-refractivity contribution >= 4 is 0 Å². The van der Waals surface area contributed by atoms with Crippen molar-refractivity contribution in [2.24, 2.45) is 0 Å². The van der Waals surface area contributed by atoms with E-state index in [0.29, 0.717) is 5.92 Å². The number of benzene rings is 1. The average Bonchev–Trinajstić information content (AvgIpc) is 3.13. The molecule has 0 amide bonds. The Hall–Kier alpha value is -1.08. The van der Waals surface area contributed by atoms with E-state index in [1.165, 1.54) is 24.0 Å². The maximum absolute atomic E-state index is 3.85. The van der Waals surface area contributed by atoms with Crippen LogP contribution in [-0.4, -0.2) is 17.5 Å². The first-order chi connectivity index (χ1) is 8.20. The van der Waals surface area contributed by atoms with E-state index in [2.05, 4.69) is 49.6 Å². The van der Waals surface area contributed by atoms with Crippen LogP contribution in [0.25, 0.3) is 0 Å². The van der Waals surface area contributed by atoms with E-state index < -0.39 is 0 Å². The van der Waals surface area contributed by atoms with Crippen molar-refractivity contribution in [3.05, 3.63) is 48.0 Å². The molecular formula is C16H23N. The molecule has 1 aromatic rings. The monoisotopic (exact) mass is 229 g/mol. The van der Waals surface area contributed by atoms with E-state index in [4.69, 9.17) is 0 Å². The molecular weight excluding hydrogens is 206 g/mol. The highest BCUT2D eigenvalue weighted by atomic mass is 15.2. The zero-order valence-corrected chi connectivity index (χ0v) is 11.0. The Morgan fingerprint density at radius 3 is 2.41 bits per heavy atom. The molecule has 0 heterocycles. The second-order valence-corrected chi connectivity index (χ2v) is 5.35. The largest absolute Gasteiger partial charge is 0.292 e. The molecule has 0 aliphatic heterocycles. The van der Waals surface area contributed by atoms with Crippen LogP contribution in [0.5, 0.6) is 0 Å². The molecule has 0 N–H and O–H groups in total. The molecule has 1 aliphatic carbocycles. The first kappa shape index (κ1) is 12.4. The minimum absolute atomic E-state index is 0.622. The Morgan fingerprint density at radius 2 is 1.94 bits per heavy atom. The Balaban J connectivity index is 1.99. The maximum Gasteiger partial charge on any atom is 0.0239 e. The summed E-state index contributed by atoms with van der Waals surface area (Å²) in [6.07, 6.45) is 4.73. The fourth-order valence-corrected chi connectivity index (χ4v) is 2.19. The minimum atomic E-state index is 0.622. The van der Waals surface area contributed by atoms with Gasteiger partial charge < -0.3 is 0 Å². The lowest BCUT2D eigenvalue weighted by molar-refractivity contribution is 0.284. The Morgan fingerprint density at radius 1 is 1.29 bits per heavy atom. The fraction of sp³-hybridized carbons (Fsp3) is 0.500. The van der Waals surface area contributed by atoms with E-state index in [9.17, 15) is 0 Å². The summed E-state index contributed by atoms with van der Waals surface area (Å²) in [5.74, 6) is 0.622. The molecule has 1 aliphatic rings. The number of hydrogen-bond acceptors (Lipinski definition) is 1. The molecule has 1 heteroatoms. The highest BCUT2D eigenvalue weighted by Gasteiger charge is 2.27. The summed E-state index contributed by atoms with van der Waals surface area (Å²) in [4.78, 5) is 2.53. The molecule has 0 atom stereocenters.